The highest BCUT2D eigenvalue weighted by molar-refractivity contribution is 5.85. The Bertz CT molecular complexity index is 441. The Morgan fingerprint density at radius 2 is 1.90 bits per heavy atom. The van der Waals surface area contributed by atoms with Gasteiger partial charge < -0.3 is 10.6 Å². The van der Waals surface area contributed by atoms with Crippen molar-refractivity contribution >= 4 is 18.3 Å². The number of carbonyl (C=O) groups excluding carboxylic acids is 1. The van der Waals surface area contributed by atoms with Gasteiger partial charge in [-0.15, -0.1) is 12.4 Å². The van der Waals surface area contributed by atoms with Gasteiger partial charge in [-0.1, -0.05) is 38.1 Å². The van der Waals surface area contributed by atoms with E-state index in [1.165, 1.54) is 11.1 Å². The number of carbonyl (C=O) groups is 1. The van der Waals surface area contributed by atoms with Gasteiger partial charge in [0.2, 0.25) is 5.91 Å². The van der Waals surface area contributed by atoms with Crippen molar-refractivity contribution in [1.29, 1.82) is 0 Å². The van der Waals surface area contributed by atoms with Gasteiger partial charge in [0, 0.05) is 19.0 Å². The molecule has 0 unspecified atom stereocenters. The van der Waals surface area contributed by atoms with Gasteiger partial charge >= 0.3 is 0 Å². The SMILES string of the molecule is CC(C)c1ccc(CN(C(=O)CCCN)C2CC2)cc1.Cl. The molecule has 1 amide bonds. The summed E-state index contributed by atoms with van der Waals surface area (Å²) in [6.07, 6.45) is 3.67. The first-order valence-corrected chi connectivity index (χ1v) is 7.70. The van der Waals surface area contributed by atoms with Crippen LogP contribution in [0.1, 0.15) is 56.6 Å². The number of halogens is 1. The van der Waals surface area contributed by atoms with Crippen LogP contribution in [0.15, 0.2) is 24.3 Å². The molecule has 0 saturated heterocycles. The first kappa shape index (κ1) is 18.0. The van der Waals surface area contributed by atoms with E-state index in [0.29, 0.717) is 24.9 Å². The van der Waals surface area contributed by atoms with Crippen LogP contribution >= 0.6 is 12.4 Å². The second-order valence-electron chi connectivity index (χ2n) is 6.04. The number of nitrogens with two attached hydrogens (primary N) is 1. The highest BCUT2D eigenvalue weighted by Crippen LogP contribution is 2.29. The zero-order valence-corrected chi connectivity index (χ0v) is 13.9. The molecule has 1 aromatic rings. The molecular formula is C17H27ClN2O. The van der Waals surface area contributed by atoms with Crippen molar-refractivity contribution in [3.8, 4) is 0 Å². The molecule has 1 aromatic carbocycles. The van der Waals surface area contributed by atoms with Crippen LogP contribution in [0.25, 0.3) is 0 Å². The topological polar surface area (TPSA) is 46.3 Å². The molecule has 0 aromatic heterocycles. The molecule has 21 heavy (non-hydrogen) atoms. The molecule has 1 fully saturated rings. The van der Waals surface area contributed by atoms with Gasteiger partial charge in [-0.2, -0.15) is 0 Å². The van der Waals surface area contributed by atoms with Crippen LogP contribution in [0.4, 0.5) is 0 Å². The van der Waals surface area contributed by atoms with Crippen LogP contribution < -0.4 is 5.73 Å². The number of rotatable bonds is 7. The molecule has 0 heterocycles. The van der Waals surface area contributed by atoms with Crippen LogP contribution in [-0.4, -0.2) is 23.4 Å². The minimum atomic E-state index is 0. The second-order valence-corrected chi connectivity index (χ2v) is 6.04. The monoisotopic (exact) mass is 310 g/mol. The first-order valence-electron chi connectivity index (χ1n) is 7.70. The molecule has 0 aliphatic heterocycles. The predicted molar refractivity (Wildman–Crippen MR) is 89.6 cm³/mol. The molecule has 3 nitrogen and oxygen atoms in total. The maximum Gasteiger partial charge on any atom is 0.223 e. The Hall–Kier alpha value is -1.06. The lowest BCUT2D eigenvalue weighted by Crippen LogP contribution is -2.32. The molecule has 2 rings (SSSR count). The van der Waals surface area contributed by atoms with Crippen molar-refractivity contribution in [3.63, 3.8) is 0 Å². The molecule has 2 N–H and O–H groups in total. The van der Waals surface area contributed by atoms with Gasteiger partial charge in [-0.3, -0.25) is 4.79 Å². The van der Waals surface area contributed by atoms with Crippen LogP contribution in [-0.2, 0) is 11.3 Å². The normalized spacial score (nSPS) is 13.9. The van der Waals surface area contributed by atoms with E-state index in [-0.39, 0.29) is 18.3 Å². The highest BCUT2D eigenvalue weighted by Gasteiger charge is 2.31. The maximum absolute atomic E-state index is 12.2. The highest BCUT2D eigenvalue weighted by atomic mass is 35.5. The van der Waals surface area contributed by atoms with E-state index in [1.54, 1.807) is 0 Å². The standard InChI is InChI=1S/C17H26N2O.ClH/c1-13(2)15-7-5-14(6-8-15)12-19(16-9-10-16)17(20)4-3-11-18;/h5-8,13,16H,3-4,9-12,18H2,1-2H3;1H. The summed E-state index contributed by atoms with van der Waals surface area (Å²) >= 11 is 0. The number of hydrogen-bond acceptors (Lipinski definition) is 2. The minimum Gasteiger partial charge on any atom is -0.335 e. The van der Waals surface area contributed by atoms with Gasteiger partial charge in [-0.25, -0.2) is 0 Å². The molecule has 1 aliphatic rings. The average Bonchev–Trinajstić information content (AvgIpc) is 3.27. The van der Waals surface area contributed by atoms with Gasteiger partial charge in [0.25, 0.3) is 0 Å². The molecule has 0 radical (unpaired) electrons. The smallest absolute Gasteiger partial charge is 0.223 e. The maximum atomic E-state index is 12.2. The number of amides is 1. The third-order valence-electron chi connectivity index (χ3n) is 3.90. The van der Waals surface area contributed by atoms with E-state index in [2.05, 4.69) is 38.1 Å². The molecule has 0 atom stereocenters. The fourth-order valence-corrected chi connectivity index (χ4v) is 2.41. The van der Waals surface area contributed by atoms with Gasteiger partial charge in [-0.05, 0) is 42.9 Å². The van der Waals surface area contributed by atoms with Crippen LogP contribution in [0.3, 0.4) is 0 Å². The Morgan fingerprint density at radius 3 is 2.38 bits per heavy atom. The summed E-state index contributed by atoms with van der Waals surface area (Å²) in [6.45, 7) is 5.73. The number of hydrogen-bond donors (Lipinski definition) is 1. The zero-order chi connectivity index (χ0) is 14.5. The summed E-state index contributed by atoms with van der Waals surface area (Å²) in [7, 11) is 0. The van der Waals surface area contributed by atoms with Gasteiger partial charge in [0.1, 0.15) is 0 Å². The zero-order valence-electron chi connectivity index (χ0n) is 13.0. The Balaban J connectivity index is 0.00000220. The molecule has 0 spiro atoms. The fraction of sp³-hybridized carbons (Fsp3) is 0.588. The number of benzene rings is 1. The third kappa shape index (κ3) is 5.33. The van der Waals surface area contributed by atoms with E-state index in [1.807, 2.05) is 4.90 Å². The van der Waals surface area contributed by atoms with Crippen molar-refractivity contribution in [2.24, 2.45) is 5.73 Å². The van der Waals surface area contributed by atoms with Crippen LogP contribution in [0.2, 0.25) is 0 Å². The summed E-state index contributed by atoms with van der Waals surface area (Å²) < 4.78 is 0. The summed E-state index contributed by atoms with van der Waals surface area (Å²) in [5.74, 6) is 0.806. The Labute approximate surface area is 134 Å². The van der Waals surface area contributed by atoms with E-state index >= 15 is 0 Å². The molecule has 4 heteroatoms. The summed E-state index contributed by atoms with van der Waals surface area (Å²) in [5, 5.41) is 0. The van der Waals surface area contributed by atoms with Gasteiger partial charge in [0.05, 0.1) is 0 Å². The third-order valence-corrected chi connectivity index (χ3v) is 3.90. The van der Waals surface area contributed by atoms with Crippen LogP contribution in [0, 0.1) is 0 Å². The summed E-state index contributed by atoms with van der Waals surface area (Å²) in [5.41, 5.74) is 8.07. The Morgan fingerprint density at radius 1 is 1.29 bits per heavy atom. The fourth-order valence-electron chi connectivity index (χ4n) is 2.41. The van der Waals surface area contributed by atoms with Crippen molar-refractivity contribution in [3.05, 3.63) is 35.4 Å². The van der Waals surface area contributed by atoms with E-state index < -0.39 is 0 Å². The van der Waals surface area contributed by atoms with Crippen molar-refractivity contribution in [2.75, 3.05) is 6.54 Å². The van der Waals surface area contributed by atoms with Crippen molar-refractivity contribution < 1.29 is 4.79 Å². The Kier molecular flexibility index (Phi) is 7.20. The average molecular weight is 311 g/mol. The van der Waals surface area contributed by atoms with Gasteiger partial charge in [0.15, 0.2) is 0 Å². The lowest BCUT2D eigenvalue weighted by Gasteiger charge is -2.23. The second kappa shape index (κ2) is 8.40. The molecule has 118 valence electrons. The van der Waals surface area contributed by atoms with Crippen LogP contribution in [0.5, 0.6) is 0 Å². The quantitative estimate of drug-likeness (QED) is 0.838. The predicted octanol–water partition coefficient (Wildman–Crippen LogP) is 3.46. The van der Waals surface area contributed by atoms with E-state index in [4.69, 9.17) is 5.73 Å². The van der Waals surface area contributed by atoms with E-state index in [9.17, 15) is 4.79 Å². The lowest BCUT2D eigenvalue weighted by atomic mass is 10.0. The van der Waals surface area contributed by atoms with Crippen molar-refractivity contribution in [2.45, 2.75) is 58.0 Å². The largest absolute Gasteiger partial charge is 0.335 e. The first-order chi connectivity index (χ1) is 9.61. The molecule has 1 saturated carbocycles. The number of nitrogens with zero attached hydrogens (tertiary/aromatic N) is 1. The summed E-state index contributed by atoms with van der Waals surface area (Å²) in [4.78, 5) is 14.3. The van der Waals surface area contributed by atoms with Crippen molar-refractivity contribution in [1.82, 2.24) is 4.90 Å². The molecular weight excluding hydrogens is 284 g/mol. The molecule has 1 aliphatic carbocycles. The minimum absolute atomic E-state index is 0. The lowest BCUT2D eigenvalue weighted by molar-refractivity contribution is -0.132. The van der Waals surface area contributed by atoms with E-state index in [0.717, 1.165) is 25.8 Å². The molecule has 0 bridgehead atoms. The summed E-state index contributed by atoms with van der Waals surface area (Å²) in [6, 6.07) is 9.12.